The number of hydrogen-bond acceptors (Lipinski definition) is 4. The summed E-state index contributed by atoms with van der Waals surface area (Å²) in [5.41, 5.74) is 0. The van der Waals surface area contributed by atoms with Gasteiger partial charge in [-0.2, -0.15) is 0 Å². The minimum atomic E-state index is -4.23. The van der Waals surface area contributed by atoms with Gasteiger partial charge >= 0.3 is 0 Å². The average Bonchev–Trinajstić information content (AvgIpc) is 2.53. The summed E-state index contributed by atoms with van der Waals surface area (Å²) < 4.78 is 52.0. The lowest BCUT2D eigenvalue weighted by Gasteiger charge is -2.20. The maximum Gasteiger partial charge on any atom is 0.256 e. The first-order chi connectivity index (χ1) is 10.8. The predicted octanol–water partition coefficient (Wildman–Crippen LogP) is 3.01. The Kier molecular flexibility index (Phi) is 5.41. The fourth-order valence-electron chi connectivity index (χ4n) is 1.87. The van der Waals surface area contributed by atoms with Crippen LogP contribution in [0.3, 0.4) is 0 Å². The van der Waals surface area contributed by atoms with E-state index in [2.05, 4.69) is 22.5 Å². The van der Waals surface area contributed by atoms with Gasteiger partial charge in [0.05, 0.1) is 9.79 Å². The van der Waals surface area contributed by atoms with E-state index in [0.717, 1.165) is 0 Å². The molecule has 0 aromatic heterocycles. The summed E-state index contributed by atoms with van der Waals surface area (Å²) in [6, 6.07) is 13.2. The van der Waals surface area contributed by atoms with Gasteiger partial charge in [0.1, 0.15) is 0 Å². The van der Waals surface area contributed by atoms with Crippen LogP contribution in [0.2, 0.25) is 0 Å². The van der Waals surface area contributed by atoms with E-state index in [1.165, 1.54) is 54.6 Å². The third-order valence-corrected chi connectivity index (χ3v) is 7.78. The van der Waals surface area contributed by atoms with Gasteiger partial charge in [0.2, 0.25) is 0 Å². The Hall–Kier alpha value is -1.48. The highest BCUT2D eigenvalue weighted by atomic mass is 79.9. The summed E-state index contributed by atoms with van der Waals surface area (Å²) in [7, 11) is -8.45. The SMILES string of the molecule is C=CCN(S(=O)(=O)c1ccccc1)S(=O)(=O)c1ccc(Br)cc1. The second-order valence-electron chi connectivity index (χ2n) is 4.52. The summed E-state index contributed by atoms with van der Waals surface area (Å²) in [5, 5.41) is 0. The lowest BCUT2D eigenvalue weighted by atomic mass is 10.4. The summed E-state index contributed by atoms with van der Waals surface area (Å²) in [6.45, 7) is 3.10. The van der Waals surface area contributed by atoms with Gasteiger partial charge in [-0.25, -0.2) is 16.8 Å². The molecule has 0 saturated heterocycles. The van der Waals surface area contributed by atoms with Crippen LogP contribution < -0.4 is 0 Å². The van der Waals surface area contributed by atoms with Crippen molar-refractivity contribution in [2.24, 2.45) is 0 Å². The van der Waals surface area contributed by atoms with Gasteiger partial charge in [0.25, 0.3) is 20.0 Å². The van der Waals surface area contributed by atoms with E-state index in [9.17, 15) is 16.8 Å². The molecule has 0 atom stereocenters. The number of benzene rings is 2. The number of halogens is 1. The van der Waals surface area contributed by atoms with E-state index < -0.39 is 20.0 Å². The molecule has 0 saturated carbocycles. The van der Waals surface area contributed by atoms with Gasteiger partial charge in [-0.3, -0.25) is 0 Å². The van der Waals surface area contributed by atoms with E-state index in [1.54, 1.807) is 6.07 Å². The van der Waals surface area contributed by atoms with Gasteiger partial charge in [0, 0.05) is 11.0 Å². The maximum atomic E-state index is 12.7. The van der Waals surface area contributed by atoms with Crippen LogP contribution in [0.15, 0.2) is 81.5 Å². The largest absolute Gasteiger partial charge is 0.256 e. The molecule has 0 aliphatic carbocycles. The zero-order valence-corrected chi connectivity index (χ0v) is 15.2. The van der Waals surface area contributed by atoms with Crippen LogP contribution in [-0.2, 0) is 20.0 Å². The highest BCUT2D eigenvalue weighted by molar-refractivity contribution is 9.10. The molecule has 0 spiro atoms. The Morgan fingerprint density at radius 2 is 1.35 bits per heavy atom. The second kappa shape index (κ2) is 6.96. The van der Waals surface area contributed by atoms with Crippen molar-refractivity contribution >= 4 is 36.0 Å². The van der Waals surface area contributed by atoms with Gasteiger partial charge in [-0.05, 0) is 36.4 Å². The zero-order valence-electron chi connectivity index (χ0n) is 12.0. The highest BCUT2D eigenvalue weighted by Crippen LogP contribution is 2.25. The predicted molar refractivity (Wildman–Crippen MR) is 91.9 cm³/mol. The van der Waals surface area contributed by atoms with E-state index in [1.807, 2.05) is 0 Å². The quantitative estimate of drug-likeness (QED) is 0.679. The molecule has 2 rings (SSSR count). The Morgan fingerprint density at radius 3 is 1.83 bits per heavy atom. The third-order valence-electron chi connectivity index (χ3n) is 2.97. The van der Waals surface area contributed by atoms with Crippen molar-refractivity contribution < 1.29 is 16.8 Å². The molecule has 0 fully saturated rings. The van der Waals surface area contributed by atoms with Crippen molar-refractivity contribution in [2.45, 2.75) is 9.79 Å². The maximum absolute atomic E-state index is 12.7. The van der Waals surface area contributed by atoms with Crippen molar-refractivity contribution in [2.75, 3.05) is 6.54 Å². The molecule has 0 unspecified atom stereocenters. The van der Waals surface area contributed by atoms with Gasteiger partial charge in [-0.1, -0.05) is 43.9 Å². The minimum Gasteiger partial charge on any atom is -0.206 e. The number of hydrogen-bond donors (Lipinski definition) is 0. The molecule has 0 bridgehead atoms. The molecule has 0 aliphatic heterocycles. The normalized spacial score (nSPS) is 12.3. The van der Waals surface area contributed by atoms with E-state index in [4.69, 9.17) is 0 Å². The lowest BCUT2D eigenvalue weighted by molar-refractivity contribution is 0.513. The molecule has 5 nitrogen and oxygen atoms in total. The zero-order chi connectivity index (χ0) is 17.1. The van der Waals surface area contributed by atoms with Crippen molar-refractivity contribution in [3.8, 4) is 0 Å². The summed E-state index contributed by atoms with van der Waals surface area (Å²) in [4.78, 5) is -0.204. The smallest absolute Gasteiger partial charge is 0.206 e. The molecular formula is C15H14BrNO4S2. The van der Waals surface area contributed by atoms with Crippen LogP contribution in [0.25, 0.3) is 0 Å². The van der Waals surface area contributed by atoms with Crippen LogP contribution in [0.4, 0.5) is 0 Å². The molecule has 8 heteroatoms. The highest BCUT2D eigenvalue weighted by Gasteiger charge is 2.35. The van der Waals surface area contributed by atoms with Crippen LogP contribution >= 0.6 is 15.9 Å². The Morgan fingerprint density at radius 1 is 0.870 bits per heavy atom. The van der Waals surface area contributed by atoms with Crippen LogP contribution in [0, 0.1) is 0 Å². The molecule has 0 aliphatic rings. The molecule has 23 heavy (non-hydrogen) atoms. The number of nitrogens with zero attached hydrogens (tertiary/aromatic N) is 1. The monoisotopic (exact) mass is 415 g/mol. The Balaban J connectivity index is 2.58. The number of rotatable bonds is 6. The lowest BCUT2D eigenvalue weighted by Crippen LogP contribution is -2.37. The number of sulfonamides is 2. The van der Waals surface area contributed by atoms with Crippen LogP contribution in [0.5, 0.6) is 0 Å². The van der Waals surface area contributed by atoms with Gasteiger partial charge in [0.15, 0.2) is 0 Å². The molecule has 0 N–H and O–H groups in total. The first kappa shape index (κ1) is 17.9. The fraction of sp³-hybridized carbons (Fsp3) is 0.0667. The first-order valence-electron chi connectivity index (χ1n) is 6.49. The third kappa shape index (κ3) is 3.72. The summed E-state index contributed by atoms with van der Waals surface area (Å²) in [5.74, 6) is 0. The summed E-state index contributed by atoms with van der Waals surface area (Å²) in [6.07, 6.45) is 1.23. The molecule has 2 aromatic rings. The van der Waals surface area contributed by atoms with Crippen molar-refractivity contribution in [3.05, 3.63) is 71.7 Å². The molecule has 0 amide bonds. The first-order valence-corrected chi connectivity index (χ1v) is 10.2. The standard InChI is InChI=1S/C15H14BrNO4S2/c1-2-12-17(22(18,19)14-6-4-3-5-7-14)23(20,21)15-10-8-13(16)9-11-15/h2-11H,1,12H2. The van der Waals surface area contributed by atoms with E-state index >= 15 is 0 Å². The molecular weight excluding hydrogens is 402 g/mol. The Bertz CT molecular complexity index is 892. The van der Waals surface area contributed by atoms with Crippen LogP contribution in [0.1, 0.15) is 0 Å². The van der Waals surface area contributed by atoms with E-state index in [-0.39, 0.29) is 16.3 Å². The van der Waals surface area contributed by atoms with Crippen molar-refractivity contribution in [1.82, 2.24) is 3.71 Å². The second-order valence-corrected chi connectivity index (χ2v) is 9.39. The minimum absolute atomic E-state index is 0.0949. The van der Waals surface area contributed by atoms with Gasteiger partial charge in [-0.15, -0.1) is 6.58 Å². The summed E-state index contributed by atoms with van der Waals surface area (Å²) >= 11 is 3.21. The Labute approximate surface area is 144 Å². The molecule has 0 heterocycles. The van der Waals surface area contributed by atoms with Crippen molar-refractivity contribution in [1.29, 1.82) is 0 Å². The fourth-order valence-corrected chi connectivity index (χ4v) is 5.73. The topological polar surface area (TPSA) is 71.5 Å². The van der Waals surface area contributed by atoms with Crippen LogP contribution in [-0.4, -0.2) is 27.1 Å². The molecule has 0 radical (unpaired) electrons. The van der Waals surface area contributed by atoms with Crippen molar-refractivity contribution in [3.63, 3.8) is 0 Å². The average molecular weight is 416 g/mol. The van der Waals surface area contributed by atoms with Gasteiger partial charge < -0.3 is 0 Å². The molecule has 2 aromatic carbocycles. The van der Waals surface area contributed by atoms with E-state index in [0.29, 0.717) is 8.18 Å². The molecule has 122 valence electrons.